The summed E-state index contributed by atoms with van der Waals surface area (Å²) in [6.07, 6.45) is 5.33. The van der Waals surface area contributed by atoms with Crippen LogP contribution in [-0.4, -0.2) is 12.6 Å². The van der Waals surface area contributed by atoms with Crippen LogP contribution < -0.4 is 0 Å². The summed E-state index contributed by atoms with van der Waals surface area (Å²) in [5, 5.41) is 0. The maximum Gasteiger partial charge on any atom is 0.331 e. The number of esters is 1. The van der Waals surface area contributed by atoms with Gasteiger partial charge in [-0.15, -0.1) is 0 Å². The molecule has 12 heavy (non-hydrogen) atoms. The molecule has 0 bridgehead atoms. The van der Waals surface area contributed by atoms with Gasteiger partial charge in [-0.1, -0.05) is 11.8 Å². The van der Waals surface area contributed by atoms with Crippen LogP contribution in [-0.2, 0) is 9.53 Å². The molecule has 1 saturated carbocycles. The Morgan fingerprint density at radius 3 is 3.00 bits per heavy atom. The summed E-state index contributed by atoms with van der Waals surface area (Å²) in [7, 11) is 0. The molecule has 1 aliphatic carbocycles. The fraction of sp³-hybridized carbons (Fsp3) is 0.500. The number of rotatable bonds is 2. The average molecular weight is 164 g/mol. The first-order valence-corrected chi connectivity index (χ1v) is 4.17. The highest BCUT2D eigenvalue weighted by molar-refractivity contribution is 5.82. The van der Waals surface area contributed by atoms with Crippen LogP contribution in [0.1, 0.15) is 19.8 Å². The molecule has 1 aliphatic rings. The number of ether oxygens (including phenoxy) is 1. The Morgan fingerprint density at radius 1 is 1.67 bits per heavy atom. The number of hydrogen-bond donors (Lipinski definition) is 0. The lowest BCUT2D eigenvalue weighted by Gasteiger charge is -1.91. The maximum atomic E-state index is 10.7. The molecule has 1 rings (SSSR count). The van der Waals surface area contributed by atoms with Gasteiger partial charge in [-0.25, -0.2) is 4.79 Å². The molecule has 0 aromatic heterocycles. The van der Waals surface area contributed by atoms with Crippen LogP contribution in [0, 0.1) is 17.8 Å². The first kappa shape index (κ1) is 8.86. The number of allylic oxidation sites excluding steroid dienone is 1. The summed E-state index contributed by atoms with van der Waals surface area (Å²) >= 11 is 0. The van der Waals surface area contributed by atoms with Crippen molar-refractivity contribution in [1.82, 2.24) is 0 Å². The van der Waals surface area contributed by atoms with E-state index >= 15 is 0 Å². The zero-order valence-corrected chi connectivity index (χ0v) is 7.17. The fourth-order valence-corrected chi connectivity index (χ4v) is 0.694. The van der Waals surface area contributed by atoms with E-state index in [-0.39, 0.29) is 5.97 Å². The minimum absolute atomic E-state index is 0.317. The highest BCUT2D eigenvalue weighted by atomic mass is 16.5. The third kappa shape index (κ3) is 3.82. The van der Waals surface area contributed by atoms with E-state index in [0.717, 1.165) is 0 Å². The molecule has 0 unspecified atom stereocenters. The molecule has 1 fully saturated rings. The molecule has 0 aromatic rings. The van der Waals surface area contributed by atoms with E-state index in [1.54, 1.807) is 13.0 Å². The van der Waals surface area contributed by atoms with Gasteiger partial charge >= 0.3 is 5.97 Å². The van der Waals surface area contributed by atoms with Crippen molar-refractivity contribution in [3.63, 3.8) is 0 Å². The summed E-state index contributed by atoms with van der Waals surface area (Å²) < 4.78 is 4.67. The van der Waals surface area contributed by atoms with E-state index < -0.39 is 0 Å². The highest BCUT2D eigenvalue weighted by Gasteiger charge is 2.17. The van der Waals surface area contributed by atoms with E-state index in [1.165, 1.54) is 18.9 Å². The predicted octanol–water partition coefficient (Wildman–Crippen LogP) is 1.52. The third-order valence-electron chi connectivity index (χ3n) is 1.45. The van der Waals surface area contributed by atoms with E-state index in [2.05, 4.69) is 16.6 Å². The molecule has 64 valence electrons. The summed E-state index contributed by atoms with van der Waals surface area (Å²) in [5.74, 6) is 6.08. The summed E-state index contributed by atoms with van der Waals surface area (Å²) in [5.41, 5.74) is 0. The van der Waals surface area contributed by atoms with E-state index in [4.69, 9.17) is 0 Å². The van der Waals surface area contributed by atoms with Gasteiger partial charge in [0.05, 0.1) is 6.61 Å². The van der Waals surface area contributed by atoms with Crippen LogP contribution in [0.4, 0.5) is 0 Å². The molecule has 2 nitrogen and oxygen atoms in total. The second kappa shape index (κ2) is 4.61. The topological polar surface area (TPSA) is 26.3 Å². The van der Waals surface area contributed by atoms with Crippen molar-refractivity contribution in [2.75, 3.05) is 6.61 Å². The van der Waals surface area contributed by atoms with E-state index in [9.17, 15) is 4.79 Å². The van der Waals surface area contributed by atoms with Crippen LogP contribution in [0.2, 0.25) is 0 Å². The van der Waals surface area contributed by atoms with Crippen molar-refractivity contribution in [3.05, 3.63) is 12.2 Å². The van der Waals surface area contributed by atoms with Crippen LogP contribution in [0.25, 0.3) is 0 Å². The lowest BCUT2D eigenvalue weighted by atomic mass is 10.4. The largest absolute Gasteiger partial charge is 0.463 e. The second-order valence-electron chi connectivity index (χ2n) is 2.65. The van der Waals surface area contributed by atoms with Crippen LogP contribution >= 0.6 is 0 Å². The molecule has 0 heterocycles. The number of carbonyl (C=O) groups is 1. The van der Waals surface area contributed by atoms with Crippen molar-refractivity contribution in [2.24, 2.45) is 5.92 Å². The Bertz CT molecular complexity index is 238. The average Bonchev–Trinajstić information content (AvgIpc) is 2.82. The first-order valence-electron chi connectivity index (χ1n) is 4.17. The van der Waals surface area contributed by atoms with Gasteiger partial charge in [0, 0.05) is 12.0 Å². The smallest absolute Gasteiger partial charge is 0.331 e. The Morgan fingerprint density at radius 2 is 2.42 bits per heavy atom. The van der Waals surface area contributed by atoms with Crippen LogP contribution in [0.3, 0.4) is 0 Å². The van der Waals surface area contributed by atoms with Gasteiger partial charge in [-0.2, -0.15) is 0 Å². The van der Waals surface area contributed by atoms with Gasteiger partial charge in [0.15, 0.2) is 0 Å². The number of hydrogen-bond acceptors (Lipinski definition) is 2. The molecule has 0 spiro atoms. The quantitative estimate of drug-likeness (QED) is 0.351. The lowest BCUT2D eigenvalue weighted by Crippen LogP contribution is -1.98. The van der Waals surface area contributed by atoms with Gasteiger partial charge in [0.1, 0.15) is 0 Å². The van der Waals surface area contributed by atoms with Gasteiger partial charge in [0.2, 0.25) is 0 Å². The second-order valence-corrected chi connectivity index (χ2v) is 2.65. The van der Waals surface area contributed by atoms with Crippen molar-refractivity contribution >= 4 is 5.97 Å². The van der Waals surface area contributed by atoms with Crippen LogP contribution in [0.15, 0.2) is 12.2 Å². The number of carbonyl (C=O) groups excluding carboxylic acids is 1. The standard InChI is InChI=1S/C10H12O2/c1-2-12-10(11)6-4-3-5-9-7-8-9/h4,6,9H,2,7-8H2,1H3. The maximum absolute atomic E-state index is 10.7. The van der Waals surface area contributed by atoms with E-state index in [1.807, 2.05) is 0 Å². The summed E-state index contributed by atoms with van der Waals surface area (Å²) in [4.78, 5) is 10.7. The van der Waals surface area contributed by atoms with Gasteiger partial charge in [0.25, 0.3) is 0 Å². The van der Waals surface area contributed by atoms with Crippen molar-refractivity contribution < 1.29 is 9.53 Å². The minimum Gasteiger partial charge on any atom is -0.463 e. The Hall–Kier alpha value is -1.23. The van der Waals surface area contributed by atoms with Crippen molar-refractivity contribution in [3.8, 4) is 11.8 Å². The molecule has 0 amide bonds. The van der Waals surface area contributed by atoms with Crippen LogP contribution in [0.5, 0.6) is 0 Å². The van der Waals surface area contributed by atoms with Gasteiger partial charge in [-0.3, -0.25) is 0 Å². The monoisotopic (exact) mass is 164 g/mol. The Labute approximate surface area is 72.6 Å². The molecule has 0 aliphatic heterocycles. The SMILES string of the molecule is CCOC(=O)C=CC#CC1CC1. The molecule has 0 aromatic carbocycles. The van der Waals surface area contributed by atoms with Gasteiger partial charge in [-0.05, 0) is 25.8 Å². The zero-order chi connectivity index (χ0) is 8.81. The Kier molecular flexibility index (Phi) is 3.40. The minimum atomic E-state index is -0.317. The van der Waals surface area contributed by atoms with E-state index in [0.29, 0.717) is 12.5 Å². The van der Waals surface area contributed by atoms with Gasteiger partial charge < -0.3 is 4.74 Å². The lowest BCUT2D eigenvalue weighted by molar-refractivity contribution is -0.137. The fourth-order valence-electron chi connectivity index (χ4n) is 0.694. The Balaban J connectivity index is 2.20. The summed E-state index contributed by atoms with van der Waals surface area (Å²) in [6.45, 7) is 2.20. The third-order valence-corrected chi connectivity index (χ3v) is 1.45. The molecular formula is C10H12O2. The summed E-state index contributed by atoms with van der Waals surface area (Å²) in [6, 6.07) is 0. The van der Waals surface area contributed by atoms with Crippen molar-refractivity contribution in [2.45, 2.75) is 19.8 Å². The highest BCUT2D eigenvalue weighted by Crippen LogP contribution is 2.27. The molecule has 0 radical (unpaired) electrons. The molecule has 2 heteroatoms. The molecule has 0 saturated heterocycles. The zero-order valence-electron chi connectivity index (χ0n) is 7.17. The molecular weight excluding hydrogens is 152 g/mol. The molecule has 0 N–H and O–H groups in total. The molecule has 0 atom stereocenters. The first-order chi connectivity index (χ1) is 5.83. The normalized spacial score (nSPS) is 15.4. The predicted molar refractivity (Wildman–Crippen MR) is 46.3 cm³/mol. The van der Waals surface area contributed by atoms with Crippen molar-refractivity contribution in [1.29, 1.82) is 0 Å².